The molecular weight excluding hydrogens is 470 g/mol. The topological polar surface area (TPSA) is 93.9 Å². The zero-order chi connectivity index (χ0) is 26.2. The number of hydrogen-bond donors (Lipinski definition) is 1. The van der Waals surface area contributed by atoms with Crippen molar-refractivity contribution in [2.24, 2.45) is 0 Å². The number of Topliss-reactive ketones (excluding diaryl/α,β-unsaturated/α-hetero) is 1. The van der Waals surface area contributed by atoms with Crippen LogP contribution in [0.1, 0.15) is 36.9 Å². The number of amides is 1. The number of hydrogen-bond acceptors (Lipinski definition) is 6. The summed E-state index contributed by atoms with van der Waals surface area (Å²) in [6.45, 7) is 7.53. The number of rotatable bonds is 12. The van der Waals surface area contributed by atoms with Gasteiger partial charge < -0.3 is 24.0 Å². The van der Waals surface area contributed by atoms with Crippen molar-refractivity contribution in [3.63, 3.8) is 0 Å². The molecule has 1 atom stereocenters. The lowest BCUT2D eigenvalue weighted by Crippen LogP contribution is -2.31. The van der Waals surface area contributed by atoms with E-state index < -0.39 is 17.7 Å². The smallest absolute Gasteiger partial charge is 0.295 e. The highest BCUT2D eigenvalue weighted by Gasteiger charge is 2.45. The normalized spacial score (nSPS) is 16.7. The molecule has 1 fully saturated rings. The molecule has 4 rings (SSSR count). The molecule has 2 aromatic carbocycles. The number of likely N-dealkylation sites (tertiary alicyclic amines) is 1. The van der Waals surface area contributed by atoms with Crippen LogP contribution >= 0.6 is 0 Å². The van der Waals surface area contributed by atoms with Gasteiger partial charge >= 0.3 is 0 Å². The van der Waals surface area contributed by atoms with E-state index in [-0.39, 0.29) is 11.3 Å². The first-order chi connectivity index (χ1) is 18.0. The van der Waals surface area contributed by atoms with E-state index in [4.69, 9.17) is 9.47 Å². The summed E-state index contributed by atoms with van der Waals surface area (Å²) in [5.74, 6) is -0.351. The summed E-state index contributed by atoms with van der Waals surface area (Å²) in [5, 5.41) is 11.3. The van der Waals surface area contributed by atoms with Crippen LogP contribution in [-0.2, 0) is 16.1 Å². The predicted octanol–water partition coefficient (Wildman–Crippen LogP) is 4.75. The Hall–Kier alpha value is -4.33. The van der Waals surface area contributed by atoms with Gasteiger partial charge in [-0.05, 0) is 42.7 Å². The predicted molar refractivity (Wildman–Crippen MR) is 140 cm³/mol. The van der Waals surface area contributed by atoms with E-state index >= 15 is 0 Å². The van der Waals surface area contributed by atoms with Gasteiger partial charge in [0.1, 0.15) is 23.9 Å². The second kappa shape index (κ2) is 12.1. The molecule has 3 aromatic rings. The van der Waals surface area contributed by atoms with Crippen molar-refractivity contribution >= 4 is 17.4 Å². The molecule has 192 valence electrons. The lowest BCUT2D eigenvalue weighted by molar-refractivity contribution is -0.139. The molecule has 0 aliphatic carbocycles. The van der Waals surface area contributed by atoms with Gasteiger partial charge in [0, 0.05) is 31.0 Å². The van der Waals surface area contributed by atoms with Crippen LogP contribution in [0.5, 0.6) is 11.5 Å². The Bertz CT molecular complexity index is 1260. The molecule has 0 spiro atoms. The lowest BCUT2D eigenvalue weighted by atomic mass is 9.95. The highest BCUT2D eigenvalue weighted by molar-refractivity contribution is 6.46. The Kier molecular flexibility index (Phi) is 8.40. The minimum absolute atomic E-state index is 0.0556. The Morgan fingerprint density at radius 3 is 2.62 bits per heavy atom. The quantitative estimate of drug-likeness (QED) is 0.167. The third-order valence-electron chi connectivity index (χ3n) is 6.06. The molecule has 8 heteroatoms. The maximum Gasteiger partial charge on any atom is 0.295 e. The van der Waals surface area contributed by atoms with Crippen LogP contribution in [0.25, 0.3) is 5.76 Å². The number of aliphatic hydroxyl groups is 1. The first-order valence-corrected chi connectivity index (χ1v) is 12.3. The van der Waals surface area contributed by atoms with E-state index in [1.807, 2.05) is 29.8 Å². The van der Waals surface area contributed by atoms with Gasteiger partial charge in [-0.3, -0.25) is 9.59 Å². The highest BCUT2D eigenvalue weighted by atomic mass is 16.5. The Morgan fingerprint density at radius 2 is 1.92 bits per heavy atom. The van der Waals surface area contributed by atoms with Crippen LogP contribution in [0, 0.1) is 0 Å². The van der Waals surface area contributed by atoms with Gasteiger partial charge in [-0.25, -0.2) is 4.98 Å². The monoisotopic (exact) mass is 501 g/mol. The SMILES string of the molecule is C=CCOc1ccc(C2/C(=C(\O)c3cccc(OCCC)c3)C(=O)C(=O)N2CCCn2ccnc2)cc1. The third-order valence-corrected chi connectivity index (χ3v) is 6.06. The molecule has 1 aliphatic rings. The number of carbonyl (C=O) groups is 2. The number of aryl methyl sites for hydroxylation is 1. The molecule has 0 bridgehead atoms. The fraction of sp³-hybridized carbons (Fsp3) is 0.276. The van der Waals surface area contributed by atoms with E-state index in [1.54, 1.807) is 55.0 Å². The van der Waals surface area contributed by atoms with Gasteiger partial charge in [0.25, 0.3) is 11.7 Å². The Balaban J connectivity index is 1.70. The number of nitrogens with zero attached hydrogens (tertiary/aromatic N) is 3. The number of aliphatic hydroxyl groups excluding tert-OH is 1. The molecular formula is C29H31N3O5. The minimum Gasteiger partial charge on any atom is -0.507 e. The summed E-state index contributed by atoms with van der Waals surface area (Å²) in [4.78, 5) is 32.1. The molecule has 8 nitrogen and oxygen atoms in total. The zero-order valence-electron chi connectivity index (χ0n) is 20.9. The molecule has 1 aromatic heterocycles. The molecule has 1 aliphatic heterocycles. The van der Waals surface area contributed by atoms with E-state index in [2.05, 4.69) is 11.6 Å². The van der Waals surface area contributed by atoms with Crippen molar-refractivity contribution in [2.75, 3.05) is 19.8 Å². The molecule has 37 heavy (non-hydrogen) atoms. The number of benzene rings is 2. The Labute approximate surface area is 216 Å². The van der Waals surface area contributed by atoms with Crippen LogP contribution in [-0.4, -0.2) is 51.0 Å². The maximum absolute atomic E-state index is 13.3. The van der Waals surface area contributed by atoms with Crippen LogP contribution in [0.4, 0.5) is 0 Å². The summed E-state index contributed by atoms with van der Waals surface area (Å²) in [5.41, 5.74) is 1.17. The van der Waals surface area contributed by atoms with Crippen LogP contribution in [0.15, 0.2) is 85.5 Å². The van der Waals surface area contributed by atoms with Crippen molar-refractivity contribution in [3.05, 3.63) is 96.6 Å². The number of imidazole rings is 1. The average molecular weight is 502 g/mol. The van der Waals surface area contributed by atoms with Crippen molar-refractivity contribution < 1.29 is 24.2 Å². The second-order valence-electron chi connectivity index (χ2n) is 8.69. The van der Waals surface area contributed by atoms with Crippen LogP contribution in [0.3, 0.4) is 0 Å². The van der Waals surface area contributed by atoms with Crippen LogP contribution in [0.2, 0.25) is 0 Å². The molecule has 1 saturated heterocycles. The molecule has 0 saturated carbocycles. The largest absolute Gasteiger partial charge is 0.507 e. The minimum atomic E-state index is -0.739. The average Bonchev–Trinajstić information content (AvgIpc) is 3.53. The van der Waals surface area contributed by atoms with Gasteiger partial charge in [-0.1, -0.05) is 43.8 Å². The number of ketones is 1. The molecule has 2 heterocycles. The van der Waals surface area contributed by atoms with Gasteiger partial charge in [-0.15, -0.1) is 0 Å². The zero-order valence-corrected chi connectivity index (χ0v) is 20.9. The highest BCUT2D eigenvalue weighted by Crippen LogP contribution is 2.40. The molecule has 0 radical (unpaired) electrons. The first kappa shape index (κ1) is 25.8. The number of aromatic nitrogens is 2. The van der Waals surface area contributed by atoms with Gasteiger partial charge in [-0.2, -0.15) is 0 Å². The Morgan fingerprint density at radius 1 is 1.11 bits per heavy atom. The summed E-state index contributed by atoms with van der Waals surface area (Å²) in [6.07, 6.45) is 8.36. The van der Waals surface area contributed by atoms with Gasteiger partial charge in [0.2, 0.25) is 0 Å². The van der Waals surface area contributed by atoms with E-state index in [1.165, 1.54) is 4.90 Å². The molecule has 1 amide bonds. The molecule has 1 unspecified atom stereocenters. The third kappa shape index (κ3) is 5.91. The van der Waals surface area contributed by atoms with Crippen molar-refractivity contribution in [2.45, 2.75) is 32.4 Å². The summed E-state index contributed by atoms with van der Waals surface area (Å²) in [6, 6.07) is 13.4. The van der Waals surface area contributed by atoms with Crippen LogP contribution < -0.4 is 9.47 Å². The van der Waals surface area contributed by atoms with Gasteiger partial charge in [0.05, 0.1) is 24.5 Å². The summed E-state index contributed by atoms with van der Waals surface area (Å²) >= 11 is 0. The van der Waals surface area contributed by atoms with Crippen molar-refractivity contribution in [3.8, 4) is 11.5 Å². The summed E-state index contributed by atoms with van der Waals surface area (Å²) in [7, 11) is 0. The lowest BCUT2D eigenvalue weighted by Gasteiger charge is -2.25. The van der Waals surface area contributed by atoms with E-state index in [0.717, 1.165) is 6.42 Å². The first-order valence-electron chi connectivity index (χ1n) is 12.3. The van der Waals surface area contributed by atoms with Gasteiger partial charge in [0.15, 0.2) is 0 Å². The van der Waals surface area contributed by atoms with Crippen molar-refractivity contribution in [1.29, 1.82) is 0 Å². The van der Waals surface area contributed by atoms with Crippen molar-refractivity contribution in [1.82, 2.24) is 14.5 Å². The summed E-state index contributed by atoms with van der Waals surface area (Å²) < 4.78 is 13.2. The van der Waals surface area contributed by atoms with E-state index in [0.29, 0.717) is 55.4 Å². The fourth-order valence-electron chi connectivity index (χ4n) is 4.31. The molecule has 1 N–H and O–H groups in total. The van der Waals surface area contributed by atoms with E-state index in [9.17, 15) is 14.7 Å². The maximum atomic E-state index is 13.3. The number of ether oxygens (including phenoxy) is 2. The fourth-order valence-corrected chi connectivity index (χ4v) is 4.31. The standard InChI is InChI=1S/C29H31N3O5/c1-3-17-36-23-11-9-21(10-12-23)26-25(27(33)22-7-5-8-24(19-22)37-18-4-2)28(34)29(35)32(26)15-6-14-31-16-13-30-20-31/h3,5,7-13,16,19-20,26,33H,1,4,6,14-15,17-18H2,2H3/b27-25+. The second-order valence-corrected chi connectivity index (χ2v) is 8.69. The number of carbonyl (C=O) groups excluding carboxylic acids is 2.